The number of hydrogen-bond donors (Lipinski definition) is 0. The molecular formula is C38H44N2O6. The summed E-state index contributed by atoms with van der Waals surface area (Å²) in [5, 5.41) is 0. The highest BCUT2D eigenvalue weighted by atomic mass is 16.5. The van der Waals surface area contributed by atoms with E-state index in [1.807, 2.05) is 82.6 Å². The van der Waals surface area contributed by atoms with Crippen molar-refractivity contribution in [3.63, 3.8) is 0 Å². The Morgan fingerprint density at radius 3 is 1.24 bits per heavy atom. The van der Waals surface area contributed by atoms with Gasteiger partial charge < -0.3 is 28.7 Å². The summed E-state index contributed by atoms with van der Waals surface area (Å²) < 4.78 is 21.1. The first-order chi connectivity index (χ1) is 22.4. The van der Waals surface area contributed by atoms with Crippen LogP contribution in [0.4, 0.5) is 0 Å². The molecule has 0 heterocycles. The standard InChI is InChI=1S/C38H44N2O6/c1-43-33-17-9-29(10-18-33)26-39(38(42)32-15-23-36(46-4)24-16-32)25-7-5-6-8-37(41)40(27-30-11-19-34(44-2)20-12-30)28-31-13-21-35(45-3)22-14-31/h9-24H,5-8,25-28H2,1-4H3. The van der Waals surface area contributed by atoms with Gasteiger partial charge in [0.05, 0.1) is 28.4 Å². The molecule has 4 aromatic carbocycles. The highest BCUT2D eigenvalue weighted by Gasteiger charge is 2.18. The van der Waals surface area contributed by atoms with E-state index in [-0.39, 0.29) is 11.8 Å². The van der Waals surface area contributed by atoms with Crippen molar-refractivity contribution in [3.05, 3.63) is 119 Å². The highest BCUT2D eigenvalue weighted by molar-refractivity contribution is 5.94. The zero-order valence-corrected chi connectivity index (χ0v) is 27.2. The van der Waals surface area contributed by atoms with E-state index in [1.54, 1.807) is 52.7 Å². The van der Waals surface area contributed by atoms with Crippen LogP contribution in [-0.4, -0.2) is 56.6 Å². The van der Waals surface area contributed by atoms with Crippen LogP contribution >= 0.6 is 0 Å². The van der Waals surface area contributed by atoms with Gasteiger partial charge in [-0.05, 0) is 90.2 Å². The Morgan fingerprint density at radius 1 is 0.478 bits per heavy atom. The van der Waals surface area contributed by atoms with Gasteiger partial charge in [-0.25, -0.2) is 0 Å². The number of methoxy groups -OCH3 is 4. The van der Waals surface area contributed by atoms with E-state index in [4.69, 9.17) is 18.9 Å². The molecule has 0 fully saturated rings. The third-order valence-corrected chi connectivity index (χ3v) is 7.89. The molecule has 4 rings (SSSR count). The second-order valence-electron chi connectivity index (χ2n) is 11.1. The molecule has 0 atom stereocenters. The molecule has 8 heteroatoms. The van der Waals surface area contributed by atoms with Gasteiger partial charge in [0.25, 0.3) is 5.91 Å². The molecule has 0 aliphatic carbocycles. The largest absolute Gasteiger partial charge is 0.497 e. The maximum absolute atomic E-state index is 13.5. The molecule has 4 aromatic rings. The van der Waals surface area contributed by atoms with Crippen LogP contribution in [0, 0.1) is 0 Å². The second kappa shape index (κ2) is 17.5. The summed E-state index contributed by atoms with van der Waals surface area (Å²) in [7, 11) is 6.52. The lowest BCUT2D eigenvalue weighted by molar-refractivity contribution is -0.132. The van der Waals surface area contributed by atoms with E-state index in [2.05, 4.69) is 0 Å². The number of hydrogen-bond acceptors (Lipinski definition) is 6. The van der Waals surface area contributed by atoms with Crippen LogP contribution in [0.5, 0.6) is 23.0 Å². The van der Waals surface area contributed by atoms with Gasteiger partial charge in [-0.1, -0.05) is 42.8 Å². The fourth-order valence-electron chi connectivity index (χ4n) is 5.17. The van der Waals surface area contributed by atoms with E-state index in [0.29, 0.717) is 43.9 Å². The quantitative estimate of drug-likeness (QED) is 0.116. The van der Waals surface area contributed by atoms with Gasteiger partial charge in [0.15, 0.2) is 0 Å². The summed E-state index contributed by atoms with van der Waals surface area (Å²) in [5.41, 5.74) is 3.70. The zero-order valence-electron chi connectivity index (χ0n) is 27.2. The van der Waals surface area contributed by atoms with E-state index in [9.17, 15) is 9.59 Å². The normalized spacial score (nSPS) is 10.6. The van der Waals surface area contributed by atoms with E-state index < -0.39 is 0 Å². The summed E-state index contributed by atoms with van der Waals surface area (Å²) in [6.45, 7) is 2.06. The van der Waals surface area contributed by atoms with Crippen molar-refractivity contribution in [2.75, 3.05) is 35.0 Å². The Labute approximate surface area is 272 Å². The Balaban J connectivity index is 1.37. The van der Waals surface area contributed by atoms with Gasteiger partial charge in [0.2, 0.25) is 5.91 Å². The summed E-state index contributed by atoms with van der Waals surface area (Å²) in [6.07, 6.45) is 2.76. The van der Waals surface area contributed by atoms with Crippen molar-refractivity contribution in [1.82, 2.24) is 9.80 Å². The molecule has 46 heavy (non-hydrogen) atoms. The van der Waals surface area contributed by atoms with Gasteiger partial charge in [0.1, 0.15) is 23.0 Å². The number of carbonyl (C=O) groups excluding carboxylic acids is 2. The number of unbranched alkanes of at least 4 members (excludes halogenated alkanes) is 2. The lowest BCUT2D eigenvalue weighted by Crippen LogP contribution is -2.32. The van der Waals surface area contributed by atoms with Crippen LogP contribution in [0.2, 0.25) is 0 Å². The summed E-state index contributed by atoms with van der Waals surface area (Å²) in [6, 6.07) is 30.6. The van der Waals surface area contributed by atoms with Crippen molar-refractivity contribution in [2.24, 2.45) is 0 Å². The molecule has 0 spiro atoms. The summed E-state index contributed by atoms with van der Waals surface area (Å²) >= 11 is 0. The van der Waals surface area contributed by atoms with Crippen LogP contribution < -0.4 is 18.9 Å². The molecule has 0 unspecified atom stereocenters. The molecule has 0 radical (unpaired) electrons. The third-order valence-electron chi connectivity index (χ3n) is 7.89. The zero-order chi connectivity index (χ0) is 32.7. The predicted molar refractivity (Wildman–Crippen MR) is 179 cm³/mol. The van der Waals surface area contributed by atoms with Crippen LogP contribution in [0.1, 0.15) is 52.7 Å². The fourth-order valence-corrected chi connectivity index (χ4v) is 5.17. The number of rotatable bonds is 17. The van der Waals surface area contributed by atoms with Crippen molar-refractivity contribution in [3.8, 4) is 23.0 Å². The lowest BCUT2D eigenvalue weighted by Gasteiger charge is -2.24. The molecule has 0 aliphatic heterocycles. The number of carbonyl (C=O) groups is 2. The number of amides is 2. The molecule has 0 bridgehead atoms. The first kappa shape index (κ1) is 33.9. The van der Waals surface area contributed by atoms with Gasteiger partial charge in [-0.3, -0.25) is 9.59 Å². The molecule has 0 N–H and O–H groups in total. The van der Waals surface area contributed by atoms with Crippen molar-refractivity contribution in [1.29, 1.82) is 0 Å². The predicted octanol–water partition coefficient (Wildman–Crippen LogP) is 7.15. The molecule has 0 saturated heterocycles. The van der Waals surface area contributed by atoms with Crippen molar-refractivity contribution < 1.29 is 28.5 Å². The van der Waals surface area contributed by atoms with E-state index in [0.717, 1.165) is 53.2 Å². The van der Waals surface area contributed by atoms with E-state index in [1.165, 1.54) is 0 Å². The Kier molecular flexibility index (Phi) is 12.9. The van der Waals surface area contributed by atoms with Gasteiger partial charge in [-0.2, -0.15) is 0 Å². The van der Waals surface area contributed by atoms with Gasteiger partial charge in [-0.15, -0.1) is 0 Å². The number of benzene rings is 4. The molecule has 0 saturated carbocycles. The van der Waals surface area contributed by atoms with E-state index >= 15 is 0 Å². The molecule has 0 aliphatic rings. The fraction of sp³-hybridized carbons (Fsp3) is 0.316. The first-order valence-electron chi connectivity index (χ1n) is 15.5. The lowest BCUT2D eigenvalue weighted by atomic mass is 10.1. The Morgan fingerprint density at radius 2 is 0.848 bits per heavy atom. The van der Waals surface area contributed by atoms with Gasteiger partial charge >= 0.3 is 0 Å². The number of ether oxygens (including phenoxy) is 4. The average Bonchev–Trinajstić information content (AvgIpc) is 3.11. The minimum atomic E-state index is -0.0419. The maximum Gasteiger partial charge on any atom is 0.254 e. The third kappa shape index (κ3) is 10.0. The van der Waals surface area contributed by atoms with Crippen molar-refractivity contribution >= 4 is 11.8 Å². The SMILES string of the molecule is COc1ccc(CN(Cc2ccc(OC)cc2)C(=O)CCCCCN(Cc2ccc(OC)cc2)C(=O)c2ccc(OC)cc2)cc1. The Bertz CT molecular complexity index is 1450. The van der Waals surface area contributed by atoms with Crippen LogP contribution in [0.25, 0.3) is 0 Å². The summed E-state index contributed by atoms with van der Waals surface area (Å²) in [5.74, 6) is 3.09. The molecule has 2 amide bonds. The minimum absolute atomic E-state index is 0.0419. The minimum Gasteiger partial charge on any atom is -0.497 e. The van der Waals surface area contributed by atoms with Crippen LogP contribution in [0.3, 0.4) is 0 Å². The van der Waals surface area contributed by atoms with Gasteiger partial charge in [0, 0.05) is 38.2 Å². The Hall–Kier alpha value is -4.98. The molecule has 242 valence electrons. The maximum atomic E-state index is 13.5. The molecular weight excluding hydrogens is 580 g/mol. The summed E-state index contributed by atoms with van der Waals surface area (Å²) in [4.78, 5) is 30.8. The number of nitrogens with zero attached hydrogens (tertiary/aromatic N) is 2. The second-order valence-corrected chi connectivity index (χ2v) is 11.1. The van der Waals surface area contributed by atoms with Crippen LogP contribution in [-0.2, 0) is 24.4 Å². The van der Waals surface area contributed by atoms with Crippen LogP contribution in [0.15, 0.2) is 97.1 Å². The topological polar surface area (TPSA) is 77.5 Å². The first-order valence-corrected chi connectivity index (χ1v) is 15.5. The van der Waals surface area contributed by atoms with Crippen molar-refractivity contribution in [2.45, 2.75) is 45.3 Å². The monoisotopic (exact) mass is 624 g/mol. The smallest absolute Gasteiger partial charge is 0.254 e. The molecule has 8 nitrogen and oxygen atoms in total. The highest BCUT2D eigenvalue weighted by Crippen LogP contribution is 2.20. The molecule has 0 aromatic heterocycles. The average molecular weight is 625 g/mol.